The van der Waals surface area contributed by atoms with Gasteiger partial charge in [-0.2, -0.15) is 5.26 Å². The summed E-state index contributed by atoms with van der Waals surface area (Å²) in [5, 5.41) is 8.88. The molecule has 3 rings (SSSR count). The summed E-state index contributed by atoms with van der Waals surface area (Å²) in [5.41, 5.74) is -0.817. The first-order valence-corrected chi connectivity index (χ1v) is 9.11. The highest BCUT2D eigenvalue weighted by Gasteiger charge is 2.52. The first-order valence-electron chi connectivity index (χ1n) is 9.11. The van der Waals surface area contributed by atoms with E-state index in [4.69, 9.17) is 14.6 Å². The van der Waals surface area contributed by atoms with E-state index >= 15 is 0 Å². The van der Waals surface area contributed by atoms with Crippen LogP contribution in [-0.4, -0.2) is 31.4 Å². The molecule has 1 aromatic carbocycles. The second-order valence-electron chi connectivity index (χ2n) is 8.24. The van der Waals surface area contributed by atoms with Crippen LogP contribution in [0.15, 0.2) is 12.1 Å². The topological polar surface area (TPSA) is 45.5 Å². The van der Waals surface area contributed by atoms with Gasteiger partial charge in [0, 0.05) is 19.5 Å². The molecule has 140 valence electrons. The number of halogens is 2. The van der Waals surface area contributed by atoms with Gasteiger partial charge in [0.15, 0.2) is 0 Å². The van der Waals surface area contributed by atoms with Crippen molar-refractivity contribution in [3.8, 4) is 6.07 Å². The molecule has 0 saturated carbocycles. The molecule has 0 aliphatic carbocycles. The molecule has 0 aromatic heterocycles. The molecule has 0 bridgehead atoms. The van der Waals surface area contributed by atoms with E-state index in [2.05, 4.69) is 6.07 Å². The Morgan fingerprint density at radius 2 is 1.77 bits per heavy atom. The van der Waals surface area contributed by atoms with Gasteiger partial charge in [-0.3, -0.25) is 0 Å². The highest BCUT2D eigenvalue weighted by molar-refractivity contribution is 6.62. The molecule has 0 radical (unpaired) electrons. The van der Waals surface area contributed by atoms with Crippen LogP contribution in [-0.2, 0) is 9.31 Å². The van der Waals surface area contributed by atoms with Crippen LogP contribution in [0.1, 0.15) is 47.0 Å². The molecule has 1 unspecified atom stereocenters. The van der Waals surface area contributed by atoms with Gasteiger partial charge in [-0.05, 0) is 64.1 Å². The lowest BCUT2D eigenvalue weighted by atomic mass is 9.78. The molecule has 1 atom stereocenters. The van der Waals surface area contributed by atoms with E-state index in [1.807, 2.05) is 27.7 Å². The number of nitriles is 1. The zero-order valence-electron chi connectivity index (χ0n) is 15.8. The number of benzene rings is 1. The average Bonchev–Trinajstić information content (AvgIpc) is 2.75. The van der Waals surface area contributed by atoms with Gasteiger partial charge in [-0.15, -0.1) is 0 Å². The number of hydrogen-bond donors (Lipinski definition) is 0. The predicted octanol–water partition coefficient (Wildman–Crippen LogP) is 3.39. The van der Waals surface area contributed by atoms with Crippen molar-refractivity contribution >= 4 is 18.3 Å². The maximum Gasteiger partial charge on any atom is 0.495 e. The standard InChI is InChI=1S/C19H25BF2N2O2/c1-18(2)19(3,4)26-20(25-18)14-10-15(21)17(16(22)11-14)24-9-5-6-13(12-24)7-8-23/h10-11,13H,5-7,9,12H2,1-4H3. The van der Waals surface area contributed by atoms with Crippen LogP contribution >= 0.6 is 0 Å². The Morgan fingerprint density at radius 3 is 2.31 bits per heavy atom. The second kappa shape index (κ2) is 6.82. The minimum Gasteiger partial charge on any atom is -0.399 e. The number of rotatable bonds is 3. The fourth-order valence-corrected chi connectivity index (χ4v) is 3.57. The summed E-state index contributed by atoms with van der Waals surface area (Å²) in [4.78, 5) is 1.71. The Labute approximate surface area is 154 Å². The van der Waals surface area contributed by atoms with Crippen LogP contribution in [0.3, 0.4) is 0 Å². The van der Waals surface area contributed by atoms with Gasteiger partial charge in [0.1, 0.15) is 17.3 Å². The van der Waals surface area contributed by atoms with Gasteiger partial charge < -0.3 is 14.2 Å². The van der Waals surface area contributed by atoms with Crippen molar-refractivity contribution in [1.82, 2.24) is 0 Å². The van der Waals surface area contributed by atoms with Gasteiger partial charge in [-0.25, -0.2) is 8.78 Å². The first-order chi connectivity index (χ1) is 12.1. The quantitative estimate of drug-likeness (QED) is 0.774. The summed E-state index contributed by atoms with van der Waals surface area (Å²) in [6.45, 7) is 8.69. The molecule has 2 fully saturated rings. The van der Waals surface area contributed by atoms with Crippen molar-refractivity contribution in [2.45, 2.75) is 58.2 Å². The van der Waals surface area contributed by atoms with E-state index in [1.54, 1.807) is 4.90 Å². The first kappa shape index (κ1) is 19.1. The van der Waals surface area contributed by atoms with Crippen LogP contribution in [0.5, 0.6) is 0 Å². The van der Waals surface area contributed by atoms with Crippen molar-refractivity contribution in [2.75, 3.05) is 18.0 Å². The van der Waals surface area contributed by atoms with Gasteiger partial charge in [0.2, 0.25) is 0 Å². The Bertz CT molecular complexity index is 694. The molecule has 26 heavy (non-hydrogen) atoms. The van der Waals surface area contributed by atoms with Crippen molar-refractivity contribution in [2.24, 2.45) is 5.92 Å². The SMILES string of the molecule is CC1(C)OB(c2cc(F)c(N3CCCC(CC#N)C3)c(F)c2)OC1(C)C. The molecule has 0 spiro atoms. The third kappa shape index (κ3) is 3.45. The van der Waals surface area contributed by atoms with Gasteiger partial charge in [-0.1, -0.05) is 0 Å². The maximum absolute atomic E-state index is 14.8. The Balaban J connectivity index is 1.85. The van der Waals surface area contributed by atoms with E-state index in [1.165, 1.54) is 12.1 Å². The van der Waals surface area contributed by atoms with Gasteiger partial charge >= 0.3 is 7.12 Å². The summed E-state index contributed by atoms with van der Waals surface area (Å²) < 4.78 is 41.4. The second-order valence-corrected chi connectivity index (χ2v) is 8.24. The van der Waals surface area contributed by atoms with Crippen molar-refractivity contribution in [3.05, 3.63) is 23.8 Å². The summed E-state index contributed by atoms with van der Waals surface area (Å²) in [5.74, 6) is -1.09. The van der Waals surface area contributed by atoms with Gasteiger partial charge in [0.25, 0.3) is 0 Å². The molecule has 7 heteroatoms. The highest BCUT2D eigenvalue weighted by Crippen LogP contribution is 2.37. The molecule has 2 aliphatic heterocycles. The third-order valence-corrected chi connectivity index (χ3v) is 5.78. The Kier molecular flexibility index (Phi) is 5.02. The highest BCUT2D eigenvalue weighted by atomic mass is 19.1. The fourth-order valence-electron chi connectivity index (χ4n) is 3.57. The lowest BCUT2D eigenvalue weighted by molar-refractivity contribution is 0.00578. The van der Waals surface area contributed by atoms with Crippen LogP contribution in [0, 0.1) is 28.9 Å². The lowest BCUT2D eigenvalue weighted by Crippen LogP contribution is -2.41. The predicted molar refractivity (Wildman–Crippen MR) is 97.2 cm³/mol. The van der Waals surface area contributed by atoms with E-state index < -0.39 is 30.0 Å². The zero-order chi connectivity index (χ0) is 19.1. The summed E-state index contributed by atoms with van der Waals surface area (Å²) >= 11 is 0. The smallest absolute Gasteiger partial charge is 0.399 e. The minimum atomic E-state index is -0.800. The normalized spacial score (nSPS) is 24.6. The summed E-state index contributed by atoms with van der Waals surface area (Å²) in [7, 11) is -0.800. The maximum atomic E-state index is 14.8. The average molecular weight is 362 g/mol. The third-order valence-electron chi connectivity index (χ3n) is 5.78. The van der Waals surface area contributed by atoms with Crippen LogP contribution in [0.4, 0.5) is 14.5 Å². The molecule has 4 nitrogen and oxygen atoms in total. The van der Waals surface area contributed by atoms with Crippen LogP contribution in [0.25, 0.3) is 0 Å². The van der Waals surface area contributed by atoms with E-state index in [0.29, 0.717) is 25.0 Å². The molecular formula is C19H25BF2N2O2. The summed E-state index contributed by atoms with van der Waals surface area (Å²) in [6, 6.07) is 4.75. The van der Waals surface area contributed by atoms with E-state index in [9.17, 15) is 8.78 Å². The van der Waals surface area contributed by atoms with E-state index in [0.717, 1.165) is 12.8 Å². The van der Waals surface area contributed by atoms with E-state index in [-0.39, 0.29) is 11.6 Å². The van der Waals surface area contributed by atoms with Crippen LogP contribution in [0.2, 0.25) is 0 Å². The zero-order valence-corrected chi connectivity index (χ0v) is 15.8. The number of nitrogens with zero attached hydrogens (tertiary/aromatic N) is 2. The molecule has 2 aliphatic rings. The molecule has 2 saturated heterocycles. The molecule has 0 N–H and O–H groups in total. The van der Waals surface area contributed by atoms with Crippen molar-refractivity contribution in [1.29, 1.82) is 5.26 Å². The fraction of sp³-hybridized carbons (Fsp3) is 0.632. The monoisotopic (exact) mass is 362 g/mol. The Hall–Kier alpha value is -1.65. The summed E-state index contributed by atoms with van der Waals surface area (Å²) in [6.07, 6.45) is 2.15. The minimum absolute atomic E-state index is 0.0205. The van der Waals surface area contributed by atoms with Crippen molar-refractivity contribution < 1.29 is 18.1 Å². The van der Waals surface area contributed by atoms with Gasteiger partial charge in [0.05, 0.1) is 17.3 Å². The molecule has 0 amide bonds. The molecular weight excluding hydrogens is 337 g/mol. The number of piperidine rings is 1. The van der Waals surface area contributed by atoms with Crippen molar-refractivity contribution in [3.63, 3.8) is 0 Å². The largest absolute Gasteiger partial charge is 0.495 e. The Morgan fingerprint density at radius 1 is 1.19 bits per heavy atom. The number of anilines is 1. The lowest BCUT2D eigenvalue weighted by Gasteiger charge is -2.34. The number of hydrogen-bond acceptors (Lipinski definition) is 4. The molecule has 2 heterocycles. The molecule has 1 aromatic rings. The van der Waals surface area contributed by atoms with Crippen LogP contribution < -0.4 is 10.4 Å².